The highest BCUT2D eigenvalue weighted by molar-refractivity contribution is 9.10. The van der Waals surface area contributed by atoms with Gasteiger partial charge in [0.15, 0.2) is 0 Å². The molecule has 2 N–H and O–H groups in total. The van der Waals surface area contributed by atoms with Gasteiger partial charge >= 0.3 is 0 Å². The van der Waals surface area contributed by atoms with Gasteiger partial charge in [0.25, 0.3) is 0 Å². The minimum Gasteiger partial charge on any atom is -0.324 e. The van der Waals surface area contributed by atoms with E-state index in [1.165, 1.54) is 12.1 Å². The second-order valence-electron chi connectivity index (χ2n) is 3.65. The summed E-state index contributed by atoms with van der Waals surface area (Å²) in [5.41, 5.74) is 5.78. The lowest BCUT2D eigenvalue weighted by Gasteiger charge is -2.13. The molecule has 0 amide bonds. The van der Waals surface area contributed by atoms with E-state index < -0.39 is 17.7 Å². The average molecular weight is 299 g/mol. The Kier molecular flexibility index (Phi) is 4.09. The maximum absolute atomic E-state index is 13.4. The van der Waals surface area contributed by atoms with Crippen LogP contribution in [0.4, 0.5) is 8.78 Å². The number of hydrogen-bond acceptors (Lipinski definition) is 1. The molecule has 2 rings (SSSR count). The Labute approximate surface area is 102 Å². The SMILES string of the molecule is Cl.N[C@@H](c1c(F)cc(Br)cc1F)C1CC1. The number of hydrogen-bond donors (Lipinski definition) is 1. The Bertz CT molecular complexity index is 345. The number of halogens is 4. The van der Waals surface area contributed by atoms with Crippen molar-refractivity contribution in [2.75, 3.05) is 0 Å². The second kappa shape index (κ2) is 4.76. The van der Waals surface area contributed by atoms with Gasteiger partial charge in [-0.1, -0.05) is 15.9 Å². The first-order valence-electron chi connectivity index (χ1n) is 4.49. The minimum atomic E-state index is -0.559. The lowest BCUT2D eigenvalue weighted by atomic mass is 10.0. The molecule has 0 unspecified atom stereocenters. The molecule has 5 heteroatoms. The monoisotopic (exact) mass is 297 g/mol. The first-order chi connectivity index (χ1) is 6.59. The lowest BCUT2D eigenvalue weighted by molar-refractivity contribution is 0.502. The molecule has 0 heterocycles. The molecule has 1 aliphatic rings. The predicted octanol–water partition coefficient (Wildman–Crippen LogP) is 3.56. The highest BCUT2D eigenvalue weighted by atomic mass is 79.9. The van der Waals surface area contributed by atoms with E-state index in [0.717, 1.165) is 12.8 Å². The van der Waals surface area contributed by atoms with E-state index in [2.05, 4.69) is 15.9 Å². The molecule has 1 aliphatic carbocycles. The van der Waals surface area contributed by atoms with E-state index >= 15 is 0 Å². The van der Waals surface area contributed by atoms with Crippen LogP contribution in [0.3, 0.4) is 0 Å². The zero-order valence-electron chi connectivity index (χ0n) is 7.84. The van der Waals surface area contributed by atoms with Gasteiger partial charge in [-0.2, -0.15) is 0 Å². The van der Waals surface area contributed by atoms with Crippen LogP contribution in [0.2, 0.25) is 0 Å². The number of nitrogens with two attached hydrogens (primary N) is 1. The molecule has 1 aromatic rings. The highest BCUT2D eigenvalue weighted by Crippen LogP contribution is 2.41. The van der Waals surface area contributed by atoms with Crippen LogP contribution in [-0.4, -0.2) is 0 Å². The molecule has 0 spiro atoms. The summed E-state index contributed by atoms with van der Waals surface area (Å²) in [6, 6.07) is 2.00. The maximum atomic E-state index is 13.4. The van der Waals surface area contributed by atoms with Gasteiger partial charge in [0.1, 0.15) is 11.6 Å². The predicted molar refractivity (Wildman–Crippen MR) is 61.0 cm³/mol. The summed E-state index contributed by atoms with van der Waals surface area (Å²) in [4.78, 5) is 0. The largest absolute Gasteiger partial charge is 0.324 e. The van der Waals surface area contributed by atoms with E-state index in [4.69, 9.17) is 5.73 Å². The van der Waals surface area contributed by atoms with Gasteiger partial charge in [0, 0.05) is 16.1 Å². The zero-order valence-corrected chi connectivity index (χ0v) is 10.2. The molecule has 1 saturated carbocycles. The average Bonchev–Trinajstić information content (AvgIpc) is 2.83. The fraction of sp³-hybridized carbons (Fsp3) is 0.400. The maximum Gasteiger partial charge on any atom is 0.132 e. The Balaban J connectivity index is 0.00000112. The molecule has 1 aromatic carbocycles. The van der Waals surface area contributed by atoms with Gasteiger partial charge in [0.2, 0.25) is 0 Å². The zero-order chi connectivity index (χ0) is 10.3. The van der Waals surface area contributed by atoms with Crippen LogP contribution >= 0.6 is 28.3 Å². The fourth-order valence-corrected chi connectivity index (χ4v) is 1.96. The molecule has 84 valence electrons. The third kappa shape index (κ3) is 2.68. The molecule has 0 radical (unpaired) electrons. The third-order valence-electron chi connectivity index (χ3n) is 2.51. The summed E-state index contributed by atoms with van der Waals surface area (Å²) in [7, 11) is 0. The van der Waals surface area contributed by atoms with Crippen molar-refractivity contribution in [3.63, 3.8) is 0 Å². The van der Waals surface area contributed by atoms with Crippen LogP contribution in [0.15, 0.2) is 16.6 Å². The van der Waals surface area contributed by atoms with Crippen LogP contribution in [0.5, 0.6) is 0 Å². The first kappa shape index (κ1) is 12.9. The van der Waals surface area contributed by atoms with Crippen LogP contribution in [-0.2, 0) is 0 Å². The Hall–Kier alpha value is -0.190. The van der Waals surface area contributed by atoms with Crippen molar-refractivity contribution in [2.24, 2.45) is 11.7 Å². The van der Waals surface area contributed by atoms with E-state index in [-0.39, 0.29) is 23.9 Å². The molecule has 0 saturated heterocycles. The van der Waals surface area contributed by atoms with Gasteiger partial charge in [-0.3, -0.25) is 0 Å². The molecule has 0 aromatic heterocycles. The molecule has 0 aliphatic heterocycles. The Morgan fingerprint density at radius 3 is 2.13 bits per heavy atom. The highest BCUT2D eigenvalue weighted by Gasteiger charge is 2.33. The van der Waals surface area contributed by atoms with Gasteiger partial charge in [-0.25, -0.2) is 8.78 Å². The molecule has 1 fully saturated rings. The molecule has 1 nitrogen and oxygen atoms in total. The molecule has 1 atom stereocenters. The normalized spacial score (nSPS) is 17.1. The topological polar surface area (TPSA) is 26.0 Å². The lowest BCUT2D eigenvalue weighted by Crippen LogP contribution is -2.16. The number of benzene rings is 1. The Morgan fingerprint density at radius 1 is 1.27 bits per heavy atom. The van der Waals surface area contributed by atoms with Crippen molar-refractivity contribution in [1.82, 2.24) is 0 Å². The fourth-order valence-electron chi connectivity index (χ4n) is 1.56. The Morgan fingerprint density at radius 2 is 1.73 bits per heavy atom. The summed E-state index contributed by atoms with van der Waals surface area (Å²) < 4.78 is 27.2. The quantitative estimate of drug-likeness (QED) is 0.887. The van der Waals surface area contributed by atoms with Gasteiger partial charge in [-0.15, -0.1) is 12.4 Å². The van der Waals surface area contributed by atoms with Gasteiger partial charge < -0.3 is 5.73 Å². The summed E-state index contributed by atoms with van der Waals surface area (Å²) in [5.74, 6) is -0.868. The summed E-state index contributed by atoms with van der Waals surface area (Å²) >= 11 is 3.03. The third-order valence-corrected chi connectivity index (χ3v) is 2.96. The van der Waals surface area contributed by atoms with Crippen molar-refractivity contribution in [3.05, 3.63) is 33.8 Å². The number of rotatable bonds is 2. The van der Waals surface area contributed by atoms with E-state index in [1.807, 2.05) is 0 Å². The minimum absolute atomic E-state index is 0. The molecular formula is C10H11BrClF2N. The van der Waals surface area contributed by atoms with E-state index in [1.54, 1.807) is 0 Å². The van der Waals surface area contributed by atoms with Crippen molar-refractivity contribution >= 4 is 28.3 Å². The van der Waals surface area contributed by atoms with E-state index in [0.29, 0.717) is 4.47 Å². The van der Waals surface area contributed by atoms with Crippen molar-refractivity contribution in [3.8, 4) is 0 Å². The van der Waals surface area contributed by atoms with Crippen molar-refractivity contribution < 1.29 is 8.78 Å². The molecule has 0 bridgehead atoms. The van der Waals surface area contributed by atoms with Gasteiger partial charge in [-0.05, 0) is 30.9 Å². The summed E-state index contributed by atoms with van der Waals surface area (Å²) in [5, 5.41) is 0. The van der Waals surface area contributed by atoms with Crippen molar-refractivity contribution in [1.29, 1.82) is 0 Å². The standard InChI is InChI=1S/C10H10BrF2N.ClH/c11-6-3-7(12)9(8(13)4-6)10(14)5-1-2-5;/h3-5,10H,1-2,14H2;1H/t10-;/m1./s1. The van der Waals surface area contributed by atoms with Gasteiger partial charge in [0.05, 0.1) is 0 Å². The second-order valence-corrected chi connectivity index (χ2v) is 4.56. The van der Waals surface area contributed by atoms with Crippen molar-refractivity contribution in [2.45, 2.75) is 18.9 Å². The van der Waals surface area contributed by atoms with Crippen LogP contribution in [0.25, 0.3) is 0 Å². The molecule has 15 heavy (non-hydrogen) atoms. The van der Waals surface area contributed by atoms with Crippen LogP contribution in [0, 0.1) is 17.6 Å². The van der Waals surface area contributed by atoms with Crippen LogP contribution < -0.4 is 5.73 Å². The smallest absolute Gasteiger partial charge is 0.132 e. The summed E-state index contributed by atoms with van der Waals surface area (Å²) in [6.45, 7) is 0. The van der Waals surface area contributed by atoms with Crippen LogP contribution in [0.1, 0.15) is 24.4 Å². The molecular weight excluding hydrogens is 287 g/mol. The first-order valence-corrected chi connectivity index (χ1v) is 5.29. The summed E-state index contributed by atoms with van der Waals surface area (Å²) in [6.07, 6.45) is 1.94. The van der Waals surface area contributed by atoms with E-state index in [9.17, 15) is 8.78 Å².